The molecule has 0 saturated heterocycles. The van der Waals surface area contributed by atoms with Crippen LogP contribution in [0.4, 0.5) is 4.39 Å². The number of nitriles is 1. The summed E-state index contributed by atoms with van der Waals surface area (Å²) in [6.45, 7) is 4.83. The fourth-order valence-corrected chi connectivity index (χ4v) is 1.69. The predicted octanol–water partition coefficient (Wildman–Crippen LogP) is 2.09. The molecule has 20 heavy (non-hydrogen) atoms. The van der Waals surface area contributed by atoms with Crippen LogP contribution >= 0.6 is 0 Å². The molecule has 0 spiro atoms. The molecule has 5 heteroatoms. The smallest absolute Gasteiger partial charge is 0.221 e. The maximum absolute atomic E-state index is 13.1. The van der Waals surface area contributed by atoms with Crippen LogP contribution in [-0.4, -0.2) is 18.5 Å². The van der Waals surface area contributed by atoms with Gasteiger partial charge in [-0.1, -0.05) is 6.92 Å². The van der Waals surface area contributed by atoms with E-state index in [0.29, 0.717) is 30.6 Å². The van der Waals surface area contributed by atoms with Crippen molar-refractivity contribution in [3.8, 4) is 6.07 Å². The van der Waals surface area contributed by atoms with Gasteiger partial charge < -0.3 is 10.6 Å². The normalized spacial score (nSPS) is 11.7. The van der Waals surface area contributed by atoms with E-state index >= 15 is 0 Å². The summed E-state index contributed by atoms with van der Waals surface area (Å²) in [5, 5.41) is 14.8. The van der Waals surface area contributed by atoms with Crippen LogP contribution in [0.1, 0.15) is 37.8 Å². The van der Waals surface area contributed by atoms with E-state index in [0.717, 1.165) is 6.42 Å². The van der Waals surface area contributed by atoms with Crippen LogP contribution in [0.15, 0.2) is 18.2 Å². The minimum Gasteiger partial charge on any atom is -0.354 e. The molecular formula is C15H20FN3O. The molecule has 0 aliphatic carbocycles. The van der Waals surface area contributed by atoms with Crippen LogP contribution in [0.3, 0.4) is 0 Å². The van der Waals surface area contributed by atoms with Gasteiger partial charge in [-0.05, 0) is 37.1 Å². The van der Waals surface area contributed by atoms with Crippen molar-refractivity contribution in [3.63, 3.8) is 0 Å². The number of carbonyl (C=O) groups excluding carboxylic acids is 1. The number of nitrogens with zero attached hydrogens (tertiary/aromatic N) is 1. The average molecular weight is 277 g/mol. The van der Waals surface area contributed by atoms with Gasteiger partial charge >= 0.3 is 0 Å². The molecule has 0 aliphatic heterocycles. The zero-order chi connectivity index (χ0) is 15.0. The van der Waals surface area contributed by atoms with Crippen molar-refractivity contribution in [2.24, 2.45) is 0 Å². The van der Waals surface area contributed by atoms with Crippen molar-refractivity contribution in [1.29, 1.82) is 5.26 Å². The summed E-state index contributed by atoms with van der Waals surface area (Å²) in [4.78, 5) is 11.5. The van der Waals surface area contributed by atoms with Gasteiger partial charge in [-0.15, -0.1) is 0 Å². The van der Waals surface area contributed by atoms with E-state index < -0.39 is 0 Å². The monoisotopic (exact) mass is 277 g/mol. The Hall–Kier alpha value is -1.93. The van der Waals surface area contributed by atoms with Gasteiger partial charge in [-0.2, -0.15) is 5.26 Å². The summed E-state index contributed by atoms with van der Waals surface area (Å²) in [5.74, 6) is -0.373. The van der Waals surface area contributed by atoms with Crippen LogP contribution in [-0.2, 0) is 11.3 Å². The Balaban J connectivity index is 2.36. The van der Waals surface area contributed by atoms with Gasteiger partial charge in [0.25, 0.3) is 0 Å². The molecule has 1 aromatic rings. The van der Waals surface area contributed by atoms with Gasteiger partial charge in [0.15, 0.2) is 0 Å². The number of amides is 1. The summed E-state index contributed by atoms with van der Waals surface area (Å²) in [6.07, 6.45) is 1.26. The minimum absolute atomic E-state index is 0.00778. The molecule has 2 N–H and O–H groups in total. The van der Waals surface area contributed by atoms with Crippen LogP contribution in [0.25, 0.3) is 0 Å². The van der Waals surface area contributed by atoms with Crippen molar-refractivity contribution in [3.05, 3.63) is 35.1 Å². The molecule has 108 valence electrons. The molecule has 0 aliphatic rings. The first-order valence-corrected chi connectivity index (χ1v) is 6.75. The molecule has 0 fully saturated rings. The summed E-state index contributed by atoms with van der Waals surface area (Å²) in [5.41, 5.74) is 1.05. The van der Waals surface area contributed by atoms with Gasteiger partial charge in [0.1, 0.15) is 5.82 Å². The van der Waals surface area contributed by atoms with Gasteiger partial charge in [-0.25, -0.2) is 4.39 Å². The van der Waals surface area contributed by atoms with Gasteiger partial charge in [-0.3, -0.25) is 4.79 Å². The Morgan fingerprint density at radius 2 is 2.25 bits per heavy atom. The van der Waals surface area contributed by atoms with Crippen molar-refractivity contribution in [2.45, 2.75) is 39.3 Å². The Morgan fingerprint density at radius 3 is 2.90 bits per heavy atom. The van der Waals surface area contributed by atoms with E-state index in [1.807, 2.05) is 19.9 Å². The van der Waals surface area contributed by atoms with Crippen LogP contribution in [0.2, 0.25) is 0 Å². The highest BCUT2D eigenvalue weighted by atomic mass is 19.1. The molecule has 0 bridgehead atoms. The van der Waals surface area contributed by atoms with E-state index in [1.165, 1.54) is 18.2 Å². The zero-order valence-electron chi connectivity index (χ0n) is 11.9. The highest BCUT2D eigenvalue weighted by Crippen LogP contribution is 2.10. The lowest BCUT2D eigenvalue weighted by atomic mass is 10.1. The third-order valence-corrected chi connectivity index (χ3v) is 3.05. The fourth-order valence-electron chi connectivity index (χ4n) is 1.69. The third-order valence-electron chi connectivity index (χ3n) is 3.05. The maximum atomic E-state index is 13.1. The standard InChI is InChI=1S/C15H20FN3O/c1-3-11(2)19-15(20)6-7-18-10-13-8-14(16)5-4-12(13)9-17/h4-5,8,11,18H,3,6-7,10H2,1-2H3,(H,19,20). The molecule has 1 rings (SSSR count). The van der Waals surface area contributed by atoms with Crippen LogP contribution in [0, 0.1) is 17.1 Å². The number of hydrogen-bond acceptors (Lipinski definition) is 3. The number of rotatable bonds is 7. The lowest BCUT2D eigenvalue weighted by Gasteiger charge is -2.11. The second kappa shape index (κ2) is 8.28. The van der Waals surface area contributed by atoms with Gasteiger partial charge in [0, 0.05) is 25.6 Å². The van der Waals surface area contributed by atoms with Gasteiger partial charge in [0.05, 0.1) is 11.6 Å². The summed E-state index contributed by atoms with van der Waals surface area (Å²) in [6, 6.07) is 6.26. The van der Waals surface area contributed by atoms with E-state index in [4.69, 9.17) is 5.26 Å². The van der Waals surface area contributed by atoms with E-state index in [2.05, 4.69) is 10.6 Å². The lowest BCUT2D eigenvalue weighted by Crippen LogP contribution is -2.33. The average Bonchev–Trinajstić information content (AvgIpc) is 2.43. The SMILES string of the molecule is CCC(C)NC(=O)CCNCc1cc(F)ccc1C#N. The molecule has 0 saturated carbocycles. The number of nitrogens with one attached hydrogen (secondary N) is 2. The number of hydrogen-bond donors (Lipinski definition) is 2. The molecule has 1 atom stereocenters. The van der Waals surface area contributed by atoms with Crippen LogP contribution < -0.4 is 10.6 Å². The topological polar surface area (TPSA) is 64.9 Å². The highest BCUT2D eigenvalue weighted by molar-refractivity contribution is 5.76. The first kappa shape index (κ1) is 16.1. The van der Waals surface area contributed by atoms with E-state index in [9.17, 15) is 9.18 Å². The zero-order valence-corrected chi connectivity index (χ0v) is 11.9. The summed E-state index contributed by atoms with van der Waals surface area (Å²) >= 11 is 0. The first-order chi connectivity index (χ1) is 9.56. The maximum Gasteiger partial charge on any atom is 0.221 e. The second-order valence-corrected chi connectivity index (χ2v) is 4.72. The molecule has 0 radical (unpaired) electrons. The molecule has 1 amide bonds. The van der Waals surface area contributed by atoms with Gasteiger partial charge in [0.2, 0.25) is 5.91 Å². The lowest BCUT2D eigenvalue weighted by molar-refractivity contribution is -0.121. The highest BCUT2D eigenvalue weighted by Gasteiger charge is 2.06. The predicted molar refractivity (Wildman–Crippen MR) is 75.3 cm³/mol. The second-order valence-electron chi connectivity index (χ2n) is 4.72. The summed E-state index contributed by atoms with van der Waals surface area (Å²) in [7, 11) is 0. The Kier molecular flexibility index (Phi) is 6.68. The van der Waals surface area contributed by atoms with Crippen molar-refractivity contribution >= 4 is 5.91 Å². The van der Waals surface area contributed by atoms with Crippen molar-refractivity contribution in [2.75, 3.05) is 6.54 Å². The Morgan fingerprint density at radius 1 is 1.50 bits per heavy atom. The number of benzene rings is 1. The van der Waals surface area contributed by atoms with Crippen LogP contribution in [0.5, 0.6) is 0 Å². The van der Waals surface area contributed by atoms with E-state index in [-0.39, 0.29) is 17.8 Å². The van der Waals surface area contributed by atoms with Crippen molar-refractivity contribution < 1.29 is 9.18 Å². The first-order valence-electron chi connectivity index (χ1n) is 6.75. The number of halogens is 1. The molecular weight excluding hydrogens is 257 g/mol. The number of carbonyl (C=O) groups is 1. The Labute approximate surface area is 119 Å². The minimum atomic E-state index is -0.365. The molecule has 0 heterocycles. The quantitative estimate of drug-likeness (QED) is 0.750. The van der Waals surface area contributed by atoms with Crippen molar-refractivity contribution in [1.82, 2.24) is 10.6 Å². The Bertz CT molecular complexity index is 496. The molecule has 1 aromatic carbocycles. The van der Waals surface area contributed by atoms with E-state index in [1.54, 1.807) is 0 Å². The third kappa shape index (κ3) is 5.37. The molecule has 4 nitrogen and oxygen atoms in total. The summed E-state index contributed by atoms with van der Waals surface area (Å²) < 4.78 is 13.1. The largest absolute Gasteiger partial charge is 0.354 e. The molecule has 1 unspecified atom stereocenters. The fraction of sp³-hybridized carbons (Fsp3) is 0.467. The molecule has 0 aromatic heterocycles.